The molecule has 0 spiro atoms. The average molecular weight is 388 g/mol. The molecule has 4 rings (SSSR count). The quantitative estimate of drug-likeness (QED) is 0.668. The van der Waals surface area contributed by atoms with E-state index in [1.54, 1.807) is 30.3 Å². The van der Waals surface area contributed by atoms with Crippen molar-refractivity contribution in [3.63, 3.8) is 0 Å². The molecule has 1 N–H and O–H groups in total. The van der Waals surface area contributed by atoms with Crippen LogP contribution in [-0.4, -0.2) is 28.5 Å². The summed E-state index contributed by atoms with van der Waals surface area (Å²) >= 11 is 0.852. The highest BCUT2D eigenvalue weighted by Gasteiger charge is 2.36. The van der Waals surface area contributed by atoms with Crippen molar-refractivity contribution in [2.24, 2.45) is 0 Å². The van der Waals surface area contributed by atoms with Crippen molar-refractivity contribution in [1.29, 1.82) is 0 Å². The molecule has 0 aliphatic carbocycles. The number of benzene rings is 3. The molecule has 1 aliphatic heterocycles. The summed E-state index contributed by atoms with van der Waals surface area (Å²) < 4.78 is 0. The first-order valence-corrected chi connectivity index (χ1v) is 9.51. The predicted octanol–water partition coefficient (Wildman–Crippen LogP) is 4.51. The van der Waals surface area contributed by atoms with Crippen molar-refractivity contribution >= 4 is 51.4 Å². The summed E-state index contributed by atoms with van der Waals surface area (Å²) in [5.74, 6) is -0.869. The summed E-state index contributed by atoms with van der Waals surface area (Å²) in [6, 6.07) is 22.6. The van der Waals surface area contributed by atoms with E-state index < -0.39 is 17.1 Å². The van der Waals surface area contributed by atoms with Crippen molar-refractivity contribution in [2.45, 2.75) is 0 Å². The number of rotatable bonds is 4. The van der Waals surface area contributed by atoms with E-state index in [0.29, 0.717) is 10.6 Å². The number of hydrogen-bond acceptors (Lipinski definition) is 4. The Bertz CT molecular complexity index is 1100. The third-order valence-electron chi connectivity index (χ3n) is 4.34. The molecule has 28 heavy (non-hydrogen) atoms. The SMILES string of the molecule is O=C(CN1C(=O)S/C(=C/c2cccc3ccccc23)C1=O)Nc1ccccc1. The molecule has 0 atom stereocenters. The van der Waals surface area contributed by atoms with Crippen LogP contribution in [0.4, 0.5) is 10.5 Å². The minimum atomic E-state index is -0.453. The average Bonchev–Trinajstić information content (AvgIpc) is 2.96. The Morgan fingerprint density at radius 3 is 2.46 bits per heavy atom. The van der Waals surface area contributed by atoms with Gasteiger partial charge in [-0.3, -0.25) is 19.3 Å². The number of nitrogens with one attached hydrogen (secondary N) is 1. The molecule has 1 fully saturated rings. The van der Waals surface area contributed by atoms with Crippen LogP contribution in [0.3, 0.4) is 0 Å². The summed E-state index contributed by atoms with van der Waals surface area (Å²) in [7, 11) is 0. The monoisotopic (exact) mass is 388 g/mol. The molecule has 0 saturated carbocycles. The Morgan fingerprint density at radius 2 is 1.64 bits per heavy atom. The number of amides is 3. The zero-order chi connectivity index (χ0) is 19.5. The third kappa shape index (κ3) is 3.68. The number of nitrogens with zero attached hydrogens (tertiary/aromatic N) is 1. The molecule has 1 heterocycles. The van der Waals surface area contributed by atoms with Gasteiger partial charge in [-0.15, -0.1) is 0 Å². The van der Waals surface area contributed by atoms with Gasteiger partial charge in [0.25, 0.3) is 11.1 Å². The molecule has 138 valence electrons. The number of fused-ring (bicyclic) bond motifs is 1. The fourth-order valence-corrected chi connectivity index (χ4v) is 3.85. The largest absolute Gasteiger partial charge is 0.325 e. The van der Waals surface area contributed by atoms with Gasteiger partial charge < -0.3 is 5.32 Å². The first-order valence-electron chi connectivity index (χ1n) is 8.70. The lowest BCUT2D eigenvalue weighted by Gasteiger charge is -2.12. The van der Waals surface area contributed by atoms with Crippen molar-refractivity contribution < 1.29 is 14.4 Å². The van der Waals surface area contributed by atoms with Gasteiger partial charge in [-0.25, -0.2) is 0 Å². The van der Waals surface area contributed by atoms with Gasteiger partial charge in [0.05, 0.1) is 4.91 Å². The molecule has 0 unspecified atom stereocenters. The van der Waals surface area contributed by atoms with E-state index in [4.69, 9.17) is 0 Å². The van der Waals surface area contributed by atoms with Crippen LogP contribution < -0.4 is 5.32 Å². The molecule has 6 heteroatoms. The maximum Gasteiger partial charge on any atom is 0.294 e. The molecule has 3 aromatic rings. The van der Waals surface area contributed by atoms with Gasteiger partial charge in [0.2, 0.25) is 5.91 Å². The maximum absolute atomic E-state index is 12.7. The molecule has 3 aromatic carbocycles. The molecule has 0 radical (unpaired) electrons. The van der Waals surface area contributed by atoms with E-state index in [0.717, 1.165) is 33.0 Å². The predicted molar refractivity (Wildman–Crippen MR) is 112 cm³/mol. The van der Waals surface area contributed by atoms with Gasteiger partial charge in [-0.1, -0.05) is 60.7 Å². The summed E-state index contributed by atoms with van der Waals surface area (Å²) in [6.07, 6.45) is 1.71. The van der Waals surface area contributed by atoms with Crippen molar-refractivity contribution in [2.75, 3.05) is 11.9 Å². The number of imide groups is 1. The van der Waals surface area contributed by atoms with Crippen LogP contribution in [-0.2, 0) is 9.59 Å². The fraction of sp³-hybridized carbons (Fsp3) is 0.0455. The van der Waals surface area contributed by atoms with E-state index >= 15 is 0 Å². The summed E-state index contributed by atoms with van der Waals surface area (Å²) in [5, 5.41) is 4.29. The Hall–Kier alpha value is -3.38. The number of hydrogen-bond donors (Lipinski definition) is 1. The molecule has 1 saturated heterocycles. The highest BCUT2D eigenvalue weighted by molar-refractivity contribution is 8.18. The van der Waals surface area contributed by atoms with Crippen LogP contribution in [0.5, 0.6) is 0 Å². The maximum atomic E-state index is 12.7. The van der Waals surface area contributed by atoms with E-state index in [2.05, 4.69) is 5.32 Å². The van der Waals surface area contributed by atoms with Crippen molar-refractivity contribution in [3.8, 4) is 0 Å². The highest BCUT2D eigenvalue weighted by Crippen LogP contribution is 2.33. The van der Waals surface area contributed by atoms with Gasteiger partial charge in [-0.2, -0.15) is 0 Å². The molecule has 3 amide bonds. The Balaban J connectivity index is 1.53. The van der Waals surface area contributed by atoms with E-state index in [-0.39, 0.29) is 6.54 Å². The molecule has 0 aromatic heterocycles. The lowest BCUT2D eigenvalue weighted by Crippen LogP contribution is -2.36. The Labute approximate surface area is 166 Å². The Morgan fingerprint density at radius 1 is 0.929 bits per heavy atom. The van der Waals surface area contributed by atoms with E-state index in [1.807, 2.05) is 48.5 Å². The topological polar surface area (TPSA) is 66.5 Å². The lowest BCUT2D eigenvalue weighted by molar-refractivity contribution is -0.127. The van der Waals surface area contributed by atoms with Gasteiger partial charge in [-0.05, 0) is 46.3 Å². The standard InChI is InChI=1S/C22H16N2O3S/c25-20(23-17-10-2-1-3-11-17)14-24-21(26)19(28-22(24)27)13-16-9-6-8-15-7-4-5-12-18(15)16/h1-13H,14H2,(H,23,25)/b19-13+. The number of thioether (sulfide) groups is 1. The number of para-hydroxylation sites is 1. The molecular weight excluding hydrogens is 372 g/mol. The number of carbonyl (C=O) groups excluding carboxylic acids is 3. The first kappa shape index (κ1) is 18.0. The smallest absolute Gasteiger partial charge is 0.294 e. The molecular formula is C22H16N2O3S. The van der Waals surface area contributed by atoms with Gasteiger partial charge in [0.1, 0.15) is 6.54 Å². The number of anilines is 1. The molecule has 1 aliphatic rings. The van der Waals surface area contributed by atoms with Gasteiger partial charge in [0.15, 0.2) is 0 Å². The third-order valence-corrected chi connectivity index (χ3v) is 5.25. The van der Waals surface area contributed by atoms with E-state index in [1.165, 1.54) is 0 Å². The zero-order valence-corrected chi connectivity index (χ0v) is 15.6. The van der Waals surface area contributed by atoms with Crippen LogP contribution in [0, 0.1) is 0 Å². The molecule has 0 bridgehead atoms. The Kier molecular flexibility index (Phi) is 4.95. The minimum absolute atomic E-state index is 0.313. The summed E-state index contributed by atoms with van der Waals surface area (Å²) in [5.41, 5.74) is 1.48. The molecule has 5 nitrogen and oxygen atoms in total. The van der Waals surface area contributed by atoms with Crippen LogP contribution in [0.2, 0.25) is 0 Å². The normalized spacial score (nSPS) is 15.4. The van der Waals surface area contributed by atoms with Gasteiger partial charge >= 0.3 is 0 Å². The zero-order valence-electron chi connectivity index (χ0n) is 14.8. The second-order valence-electron chi connectivity index (χ2n) is 6.25. The lowest BCUT2D eigenvalue weighted by atomic mass is 10.0. The number of carbonyl (C=O) groups is 3. The second-order valence-corrected chi connectivity index (χ2v) is 7.24. The fourth-order valence-electron chi connectivity index (χ4n) is 3.02. The summed E-state index contributed by atoms with van der Waals surface area (Å²) in [4.78, 5) is 38.5. The van der Waals surface area contributed by atoms with Crippen LogP contribution in [0.1, 0.15) is 5.56 Å². The second kappa shape index (κ2) is 7.70. The minimum Gasteiger partial charge on any atom is -0.325 e. The van der Waals surface area contributed by atoms with Crippen LogP contribution in [0.15, 0.2) is 77.7 Å². The van der Waals surface area contributed by atoms with Crippen molar-refractivity contribution in [1.82, 2.24) is 4.90 Å². The highest BCUT2D eigenvalue weighted by atomic mass is 32.2. The first-order chi connectivity index (χ1) is 13.6. The van der Waals surface area contributed by atoms with Crippen LogP contribution in [0.25, 0.3) is 16.8 Å². The van der Waals surface area contributed by atoms with Crippen LogP contribution >= 0.6 is 11.8 Å². The van der Waals surface area contributed by atoms with E-state index in [9.17, 15) is 14.4 Å². The summed E-state index contributed by atoms with van der Waals surface area (Å²) in [6.45, 7) is -0.313. The van der Waals surface area contributed by atoms with Crippen molar-refractivity contribution in [3.05, 3.63) is 83.3 Å². The van der Waals surface area contributed by atoms with Gasteiger partial charge in [0, 0.05) is 5.69 Å².